The monoisotopic (exact) mass is 300 g/mol. The van der Waals surface area contributed by atoms with Gasteiger partial charge in [-0.2, -0.15) is 0 Å². The molecule has 0 radical (unpaired) electrons. The maximum Gasteiger partial charge on any atom is 0.239 e. The molecule has 0 bridgehead atoms. The van der Waals surface area contributed by atoms with Crippen molar-refractivity contribution in [3.63, 3.8) is 0 Å². The highest BCUT2D eigenvalue weighted by Gasteiger charge is 2.19. The van der Waals surface area contributed by atoms with Gasteiger partial charge < -0.3 is 11.1 Å². The van der Waals surface area contributed by atoms with Gasteiger partial charge in [-0.25, -0.2) is 4.39 Å². The molecule has 1 amide bonds. The molecule has 1 rings (SSSR count). The van der Waals surface area contributed by atoms with E-state index >= 15 is 0 Å². The summed E-state index contributed by atoms with van der Waals surface area (Å²) in [5.41, 5.74) is 5.81. The summed E-state index contributed by atoms with van der Waals surface area (Å²) in [5, 5.41) is 2.00. The standard InChI is InChI=1S/C14H21FN2O2S/c1-3-4-5-8-20(19)10(2)14(18)17-11-6-7-12(15)13(16)9-11/h6-7,9-10H,3-5,8,16H2,1-2H3,(H,17,18). The maximum atomic E-state index is 13.0. The van der Waals surface area contributed by atoms with E-state index in [1.165, 1.54) is 18.2 Å². The van der Waals surface area contributed by atoms with Crippen LogP contribution in [0.5, 0.6) is 0 Å². The topological polar surface area (TPSA) is 72.2 Å². The normalized spacial score (nSPS) is 13.8. The number of unbranched alkanes of at least 4 members (excludes halogenated alkanes) is 2. The minimum atomic E-state index is -1.20. The second-order valence-corrected chi connectivity index (χ2v) is 6.54. The fraction of sp³-hybridized carbons (Fsp3) is 0.500. The van der Waals surface area contributed by atoms with Gasteiger partial charge in [-0.15, -0.1) is 0 Å². The molecule has 0 aliphatic heterocycles. The van der Waals surface area contributed by atoms with Crippen molar-refractivity contribution in [2.75, 3.05) is 16.8 Å². The molecule has 3 N–H and O–H groups in total. The Morgan fingerprint density at radius 2 is 2.15 bits per heavy atom. The van der Waals surface area contributed by atoms with Crippen LogP contribution >= 0.6 is 0 Å². The Bertz CT molecular complexity index is 494. The third kappa shape index (κ3) is 4.92. The average molecular weight is 300 g/mol. The summed E-state index contributed by atoms with van der Waals surface area (Å²) in [6, 6.07) is 3.96. The van der Waals surface area contributed by atoms with Crippen LogP contribution in [-0.4, -0.2) is 21.1 Å². The number of hydrogen-bond acceptors (Lipinski definition) is 3. The van der Waals surface area contributed by atoms with Crippen molar-refractivity contribution in [2.45, 2.75) is 38.4 Å². The van der Waals surface area contributed by atoms with E-state index in [2.05, 4.69) is 12.2 Å². The third-order valence-corrected chi connectivity index (χ3v) is 4.67. The highest BCUT2D eigenvalue weighted by molar-refractivity contribution is 7.86. The molecular weight excluding hydrogens is 279 g/mol. The molecule has 0 spiro atoms. The molecule has 1 aromatic rings. The number of carbonyl (C=O) groups is 1. The van der Waals surface area contributed by atoms with Crippen molar-refractivity contribution in [2.24, 2.45) is 0 Å². The lowest BCUT2D eigenvalue weighted by molar-refractivity contribution is -0.115. The summed E-state index contributed by atoms with van der Waals surface area (Å²) in [6.07, 6.45) is 2.91. The van der Waals surface area contributed by atoms with Crippen LogP contribution in [0.15, 0.2) is 18.2 Å². The van der Waals surface area contributed by atoms with Crippen LogP contribution in [0.4, 0.5) is 15.8 Å². The van der Waals surface area contributed by atoms with Gasteiger partial charge in [0.05, 0.1) is 5.69 Å². The Hall–Kier alpha value is -1.43. The zero-order valence-electron chi connectivity index (χ0n) is 11.8. The van der Waals surface area contributed by atoms with Crippen LogP contribution in [0.2, 0.25) is 0 Å². The number of benzene rings is 1. The van der Waals surface area contributed by atoms with Crippen molar-refractivity contribution in [3.05, 3.63) is 24.0 Å². The first kappa shape index (κ1) is 16.6. The summed E-state index contributed by atoms with van der Waals surface area (Å²) >= 11 is 0. The zero-order chi connectivity index (χ0) is 15.1. The van der Waals surface area contributed by atoms with E-state index < -0.39 is 21.9 Å². The molecule has 4 nitrogen and oxygen atoms in total. The van der Waals surface area contributed by atoms with E-state index in [-0.39, 0.29) is 11.6 Å². The van der Waals surface area contributed by atoms with Crippen LogP contribution < -0.4 is 11.1 Å². The van der Waals surface area contributed by atoms with Gasteiger partial charge in [-0.1, -0.05) is 19.8 Å². The lowest BCUT2D eigenvalue weighted by atomic mass is 10.2. The number of anilines is 2. The number of nitrogen functional groups attached to an aromatic ring is 1. The quantitative estimate of drug-likeness (QED) is 0.600. The van der Waals surface area contributed by atoms with E-state index in [1.807, 2.05) is 0 Å². The lowest BCUT2D eigenvalue weighted by Gasteiger charge is -2.12. The maximum absolute atomic E-state index is 13.0. The predicted octanol–water partition coefficient (Wildman–Crippen LogP) is 2.67. The van der Waals surface area contributed by atoms with Crippen LogP contribution in [0.25, 0.3) is 0 Å². The molecule has 0 aliphatic carbocycles. The van der Waals surface area contributed by atoms with Crippen molar-refractivity contribution >= 4 is 28.1 Å². The molecule has 1 aromatic carbocycles. The van der Waals surface area contributed by atoms with Crippen LogP contribution in [0.1, 0.15) is 33.1 Å². The number of carbonyl (C=O) groups excluding carboxylic acids is 1. The molecule has 2 unspecified atom stereocenters. The molecule has 0 aromatic heterocycles. The van der Waals surface area contributed by atoms with Crippen LogP contribution in [0.3, 0.4) is 0 Å². The molecular formula is C14H21FN2O2S. The van der Waals surface area contributed by atoms with Crippen molar-refractivity contribution in [3.8, 4) is 0 Å². The predicted molar refractivity (Wildman–Crippen MR) is 81.4 cm³/mol. The molecule has 0 aliphatic rings. The number of amides is 1. The Kier molecular flexibility index (Phi) is 6.64. The van der Waals surface area contributed by atoms with Crippen LogP contribution in [-0.2, 0) is 15.6 Å². The average Bonchev–Trinajstić information content (AvgIpc) is 2.42. The Balaban J connectivity index is 2.56. The first-order valence-electron chi connectivity index (χ1n) is 6.68. The smallest absolute Gasteiger partial charge is 0.239 e. The molecule has 112 valence electrons. The lowest BCUT2D eigenvalue weighted by Crippen LogP contribution is -2.30. The fourth-order valence-electron chi connectivity index (χ4n) is 1.66. The van der Waals surface area contributed by atoms with Crippen molar-refractivity contribution in [1.82, 2.24) is 0 Å². The number of nitrogens with two attached hydrogens (primary N) is 1. The molecule has 0 heterocycles. The fourth-order valence-corrected chi connectivity index (χ4v) is 2.80. The SMILES string of the molecule is CCCCCS(=O)C(C)C(=O)Nc1ccc(F)c(N)c1. The summed E-state index contributed by atoms with van der Waals surface area (Å²) in [7, 11) is -1.20. The summed E-state index contributed by atoms with van der Waals surface area (Å²) in [6.45, 7) is 3.70. The molecule has 0 fully saturated rings. The summed E-state index contributed by atoms with van der Waals surface area (Å²) < 4.78 is 24.9. The second kappa shape index (κ2) is 7.99. The summed E-state index contributed by atoms with van der Waals surface area (Å²) in [4.78, 5) is 11.9. The molecule has 2 atom stereocenters. The molecule has 6 heteroatoms. The van der Waals surface area contributed by atoms with Crippen molar-refractivity contribution < 1.29 is 13.4 Å². The number of rotatable bonds is 7. The summed E-state index contributed by atoms with van der Waals surface area (Å²) in [5.74, 6) is -0.349. The van der Waals surface area contributed by atoms with Gasteiger partial charge in [0.15, 0.2) is 0 Å². The third-order valence-electron chi connectivity index (χ3n) is 2.98. The molecule has 0 saturated heterocycles. The van der Waals surface area contributed by atoms with E-state index in [4.69, 9.17) is 5.73 Å². The zero-order valence-corrected chi connectivity index (χ0v) is 12.6. The highest BCUT2D eigenvalue weighted by Crippen LogP contribution is 2.17. The van der Waals surface area contributed by atoms with Gasteiger partial charge in [0.25, 0.3) is 0 Å². The largest absolute Gasteiger partial charge is 0.396 e. The van der Waals surface area contributed by atoms with E-state index in [9.17, 15) is 13.4 Å². The van der Waals surface area contributed by atoms with E-state index in [0.29, 0.717) is 11.4 Å². The van der Waals surface area contributed by atoms with Crippen LogP contribution in [0, 0.1) is 5.82 Å². The van der Waals surface area contributed by atoms with Gasteiger partial charge in [0.2, 0.25) is 5.91 Å². The van der Waals surface area contributed by atoms with Gasteiger partial charge in [-0.05, 0) is 31.5 Å². The van der Waals surface area contributed by atoms with E-state index in [1.54, 1.807) is 6.92 Å². The molecule has 20 heavy (non-hydrogen) atoms. The highest BCUT2D eigenvalue weighted by atomic mass is 32.2. The van der Waals surface area contributed by atoms with Crippen molar-refractivity contribution in [1.29, 1.82) is 0 Å². The number of halogens is 1. The Labute approximate surface area is 121 Å². The first-order valence-corrected chi connectivity index (χ1v) is 8.07. The number of nitrogens with one attached hydrogen (secondary N) is 1. The van der Waals surface area contributed by atoms with Gasteiger partial charge in [-0.3, -0.25) is 9.00 Å². The first-order chi connectivity index (χ1) is 9.45. The van der Waals surface area contributed by atoms with Gasteiger partial charge in [0, 0.05) is 22.2 Å². The minimum Gasteiger partial charge on any atom is -0.396 e. The molecule has 0 saturated carbocycles. The van der Waals surface area contributed by atoms with Gasteiger partial charge >= 0.3 is 0 Å². The second-order valence-electron chi connectivity index (χ2n) is 4.66. The number of hydrogen-bond donors (Lipinski definition) is 2. The van der Waals surface area contributed by atoms with E-state index in [0.717, 1.165) is 19.3 Å². The Morgan fingerprint density at radius 1 is 1.45 bits per heavy atom. The minimum absolute atomic E-state index is 0.0282. The Morgan fingerprint density at radius 3 is 2.75 bits per heavy atom. The van der Waals surface area contributed by atoms with Gasteiger partial charge in [0.1, 0.15) is 11.1 Å².